The monoisotopic (exact) mass is 163 g/mol. The Morgan fingerprint density at radius 1 is 1.50 bits per heavy atom. The predicted octanol–water partition coefficient (Wildman–Crippen LogP) is 0.514. The first-order chi connectivity index (χ1) is 5.77. The van der Waals surface area contributed by atoms with Gasteiger partial charge in [0.05, 0.1) is 5.69 Å². The van der Waals surface area contributed by atoms with Gasteiger partial charge in [0.2, 0.25) is 0 Å². The molecule has 0 aromatic carbocycles. The van der Waals surface area contributed by atoms with Crippen LogP contribution in [0, 0.1) is 6.92 Å². The van der Waals surface area contributed by atoms with E-state index in [1.165, 1.54) is 6.33 Å². The number of hydrogen-bond donors (Lipinski definition) is 1. The second-order valence-corrected chi connectivity index (χ2v) is 2.63. The molecule has 0 spiro atoms. The van der Waals surface area contributed by atoms with E-state index in [4.69, 9.17) is 0 Å². The summed E-state index contributed by atoms with van der Waals surface area (Å²) in [7, 11) is 1.88. The van der Waals surface area contributed by atoms with Crippen LogP contribution >= 0.6 is 0 Å². The molecule has 0 fully saturated rings. The number of nitrogens with zero attached hydrogens (tertiary/aromatic N) is 4. The summed E-state index contributed by atoms with van der Waals surface area (Å²) in [6.07, 6.45) is 1.48. The smallest absolute Gasteiger partial charge is 0.173 e. The lowest BCUT2D eigenvalue weighted by atomic mass is 10.3. The van der Waals surface area contributed by atoms with Crippen molar-refractivity contribution in [2.45, 2.75) is 6.92 Å². The summed E-state index contributed by atoms with van der Waals surface area (Å²) >= 11 is 0. The molecule has 0 saturated carbocycles. The highest BCUT2D eigenvalue weighted by Crippen LogP contribution is 2.12. The molecule has 2 rings (SSSR count). The summed E-state index contributed by atoms with van der Waals surface area (Å²) in [6.45, 7) is 1.94. The van der Waals surface area contributed by atoms with Gasteiger partial charge >= 0.3 is 0 Å². The fourth-order valence-corrected chi connectivity index (χ4v) is 1.16. The summed E-state index contributed by atoms with van der Waals surface area (Å²) in [5, 5.41) is 10.8. The van der Waals surface area contributed by atoms with Crippen LogP contribution in [-0.4, -0.2) is 25.0 Å². The van der Waals surface area contributed by atoms with Crippen molar-refractivity contribution in [3.63, 3.8) is 0 Å². The fraction of sp³-hybridized carbons (Fsp3) is 0.286. The lowest BCUT2D eigenvalue weighted by Gasteiger charge is -1.93. The molecule has 0 unspecified atom stereocenters. The van der Waals surface area contributed by atoms with E-state index in [9.17, 15) is 0 Å². The third-order valence-corrected chi connectivity index (χ3v) is 1.66. The van der Waals surface area contributed by atoms with E-state index in [0.29, 0.717) is 0 Å². The topological polar surface area (TPSA) is 59.4 Å². The summed E-state index contributed by atoms with van der Waals surface area (Å²) in [6, 6.07) is 1.96. The summed E-state index contributed by atoms with van der Waals surface area (Å²) in [4.78, 5) is 4.03. The molecule has 0 aliphatic rings. The molecule has 2 aromatic rings. The van der Waals surface area contributed by atoms with E-state index < -0.39 is 0 Å². The Balaban J connectivity index is 2.54. The number of aryl methyl sites for hydroxylation is 2. The van der Waals surface area contributed by atoms with Gasteiger partial charge in [-0.3, -0.25) is 9.78 Å². The van der Waals surface area contributed by atoms with Crippen LogP contribution in [0.1, 0.15) is 5.69 Å². The Bertz CT molecular complexity index is 372. The van der Waals surface area contributed by atoms with Crippen LogP contribution in [0.3, 0.4) is 0 Å². The van der Waals surface area contributed by atoms with Gasteiger partial charge in [-0.2, -0.15) is 10.2 Å². The van der Waals surface area contributed by atoms with Crippen LogP contribution in [0.25, 0.3) is 11.5 Å². The molecule has 2 aromatic heterocycles. The Kier molecular flexibility index (Phi) is 1.43. The molecule has 0 amide bonds. The van der Waals surface area contributed by atoms with Gasteiger partial charge in [0.15, 0.2) is 5.82 Å². The molecule has 5 heteroatoms. The first kappa shape index (κ1) is 7.02. The molecule has 0 aliphatic heterocycles. The molecule has 0 radical (unpaired) electrons. The third-order valence-electron chi connectivity index (χ3n) is 1.66. The maximum Gasteiger partial charge on any atom is 0.173 e. The molecule has 0 saturated heterocycles. The molecular weight excluding hydrogens is 154 g/mol. The van der Waals surface area contributed by atoms with E-state index in [1.807, 2.05) is 20.0 Å². The minimum absolute atomic E-state index is 0.748. The maximum atomic E-state index is 4.20. The van der Waals surface area contributed by atoms with Crippen molar-refractivity contribution < 1.29 is 0 Å². The SMILES string of the molecule is Cc1cc(-c2ncn[nH]2)n(C)n1. The highest BCUT2D eigenvalue weighted by atomic mass is 15.3. The number of hydrogen-bond acceptors (Lipinski definition) is 3. The van der Waals surface area contributed by atoms with Crippen molar-refractivity contribution in [3.8, 4) is 11.5 Å². The second-order valence-electron chi connectivity index (χ2n) is 2.63. The van der Waals surface area contributed by atoms with Crippen molar-refractivity contribution in [1.29, 1.82) is 0 Å². The van der Waals surface area contributed by atoms with Gasteiger partial charge in [-0.25, -0.2) is 4.98 Å². The number of rotatable bonds is 1. The van der Waals surface area contributed by atoms with Crippen LogP contribution < -0.4 is 0 Å². The molecular formula is C7H9N5. The summed E-state index contributed by atoms with van der Waals surface area (Å²) in [5.74, 6) is 0.748. The van der Waals surface area contributed by atoms with Crippen molar-refractivity contribution in [2.24, 2.45) is 7.05 Å². The molecule has 2 heterocycles. The number of nitrogens with one attached hydrogen (secondary N) is 1. The lowest BCUT2D eigenvalue weighted by Crippen LogP contribution is -1.94. The van der Waals surface area contributed by atoms with Crippen LogP contribution in [0.2, 0.25) is 0 Å². The van der Waals surface area contributed by atoms with E-state index in [1.54, 1.807) is 4.68 Å². The van der Waals surface area contributed by atoms with Crippen LogP contribution in [-0.2, 0) is 7.05 Å². The minimum Gasteiger partial charge on any atom is -0.264 e. The molecule has 0 bridgehead atoms. The van der Waals surface area contributed by atoms with Crippen molar-refractivity contribution >= 4 is 0 Å². The summed E-state index contributed by atoms with van der Waals surface area (Å²) < 4.78 is 1.77. The van der Waals surface area contributed by atoms with Crippen molar-refractivity contribution in [1.82, 2.24) is 25.0 Å². The fourth-order valence-electron chi connectivity index (χ4n) is 1.16. The Hall–Kier alpha value is -1.65. The molecule has 0 aliphatic carbocycles. The van der Waals surface area contributed by atoms with Gasteiger partial charge in [-0.15, -0.1) is 0 Å². The van der Waals surface area contributed by atoms with Gasteiger partial charge in [-0.05, 0) is 13.0 Å². The average molecular weight is 163 g/mol. The first-order valence-electron chi connectivity index (χ1n) is 3.64. The normalized spacial score (nSPS) is 10.5. The highest BCUT2D eigenvalue weighted by molar-refractivity contribution is 5.48. The maximum absolute atomic E-state index is 4.20. The number of aromatic amines is 1. The van der Waals surface area contributed by atoms with Crippen LogP contribution in [0.15, 0.2) is 12.4 Å². The van der Waals surface area contributed by atoms with Crippen LogP contribution in [0.4, 0.5) is 0 Å². The van der Waals surface area contributed by atoms with E-state index in [0.717, 1.165) is 17.2 Å². The van der Waals surface area contributed by atoms with Gasteiger partial charge in [0, 0.05) is 7.05 Å². The van der Waals surface area contributed by atoms with Gasteiger partial charge in [0.25, 0.3) is 0 Å². The number of aromatic nitrogens is 5. The molecule has 1 N–H and O–H groups in total. The molecule has 0 atom stereocenters. The second kappa shape index (κ2) is 2.44. The standard InChI is InChI=1S/C7H9N5/c1-5-3-6(12(2)11-5)7-8-4-9-10-7/h3-4H,1-2H3,(H,8,9,10). The van der Waals surface area contributed by atoms with E-state index in [2.05, 4.69) is 20.3 Å². The van der Waals surface area contributed by atoms with E-state index >= 15 is 0 Å². The van der Waals surface area contributed by atoms with E-state index in [-0.39, 0.29) is 0 Å². The van der Waals surface area contributed by atoms with Gasteiger partial charge < -0.3 is 0 Å². The zero-order chi connectivity index (χ0) is 8.55. The van der Waals surface area contributed by atoms with Crippen LogP contribution in [0.5, 0.6) is 0 Å². The molecule has 12 heavy (non-hydrogen) atoms. The average Bonchev–Trinajstić information content (AvgIpc) is 2.58. The van der Waals surface area contributed by atoms with Crippen molar-refractivity contribution in [2.75, 3.05) is 0 Å². The number of H-pyrrole nitrogens is 1. The highest BCUT2D eigenvalue weighted by Gasteiger charge is 2.06. The first-order valence-corrected chi connectivity index (χ1v) is 3.64. The Morgan fingerprint density at radius 2 is 2.33 bits per heavy atom. The lowest BCUT2D eigenvalue weighted by molar-refractivity contribution is 0.759. The minimum atomic E-state index is 0.748. The predicted molar refractivity (Wildman–Crippen MR) is 43.3 cm³/mol. The Morgan fingerprint density at radius 3 is 2.83 bits per heavy atom. The third kappa shape index (κ3) is 0.990. The Labute approximate surface area is 69.4 Å². The summed E-state index contributed by atoms with van der Waals surface area (Å²) in [5.41, 5.74) is 1.92. The van der Waals surface area contributed by atoms with Gasteiger partial charge in [0.1, 0.15) is 12.0 Å². The molecule has 62 valence electrons. The largest absolute Gasteiger partial charge is 0.264 e. The van der Waals surface area contributed by atoms with Gasteiger partial charge in [-0.1, -0.05) is 0 Å². The zero-order valence-electron chi connectivity index (χ0n) is 6.94. The quantitative estimate of drug-likeness (QED) is 0.666. The molecule has 5 nitrogen and oxygen atoms in total. The zero-order valence-corrected chi connectivity index (χ0v) is 6.94. The van der Waals surface area contributed by atoms with Crippen molar-refractivity contribution in [3.05, 3.63) is 18.1 Å².